The van der Waals surface area contributed by atoms with E-state index in [-0.39, 0.29) is 18.2 Å². The first kappa shape index (κ1) is 16.6. The third kappa shape index (κ3) is 5.52. The van der Waals surface area contributed by atoms with Crippen LogP contribution in [0.2, 0.25) is 0 Å². The van der Waals surface area contributed by atoms with Crippen LogP contribution in [0.5, 0.6) is 11.5 Å². The molecule has 6 heteroatoms. The standard InChI is InChI=1S/C17H17FN2O3/c1-12(21)10-20-17(22)7-5-13-4-6-16(15(18)9-13)23-14-3-2-8-19-11-14/h2-9,11-12,21H,10H2,1H3,(H,20,22)/b7-5+. The van der Waals surface area contributed by atoms with Crippen molar-refractivity contribution in [3.05, 3.63) is 60.2 Å². The number of aromatic nitrogens is 1. The van der Waals surface area contributed by atoms with Gasteiger partial charge in [-0.3, -0.25) is 9.78 Å². The summed E-state index contributed by atoms with van der Waals surface area (Å²) in [5.74, 6) is -0.386. The Morgan fingerprint density at radius 1 is 1.48 bits per heavy atom. The van der Waals surface area contributed by atoms with Gasteiger partial charge in [-0.1, -0.05) is 6.07 Å². The Kier molecular flexibility index (Phi) is 5.82. The molecule has 120 valence electrons. The second kappa shape index (κ2) is 8.05. The zero-order valence-corrected chi connectivity index (χ0v) is 12.6. The highest BCUT2D eigenvalue weighted by Crippen LogP contribution is 2.24. The smallest absolute Gasteiger partial charge is 0.244 e. The van der Waals surface area contributed by atoms with Gasteiger partial charge in [-0.05, 0) is 42.8 Å². The Hall–Kier alpha value is -2.73. The van der Waals surface area contributed by atoms with Crippen molar-refractivity contribution in [1.82, 2.24) is 10.3 Å². The van der Waals surface area contributed by atoms with E-state index in [1.807, 2.05) is 0 Å². The summed E-state index contributed by atoms with van der Waals surface area (Å²) in [5, 5.41) is 11.6. The van der Waals surface area contributed by atoms with Gasteiger partial charge >= 0.3 is 0 Å². The van der Waals surface area contributed by atoms with Crippen LogP contribution in [0.15, 0.2) is 48.8 Å². The number of aliphatic hydroxyl groups excluding tert-OH is 1. The van der Waals surface area contributed by atoms with Gasteiger partial charge in [0.25, 0.3) is 0 Å². The third-order valence-corrected chi connectivity index (χ3v) is 2.82. The van der Waals surface area contributed by atoms with Crippen molar-refractivity contribution in [2.75, 3.05) is 6.54 Å². The molecule has 0 radical (unpaired) electrons. The molecule has 1 heterocycles. The minimum absolute atomic E-state index is 0.0775. The van der Waals surface area contributed by atoms with Crippen molar-refractivity contribution < 1.29 is 19.0 Å². The van der Waals surface area contributed by atoms with Crippen molar-refractivity contribution in [1.29, 1.82) is 0 Å². The van der Waals surface area contributed by atoms with Crippen LogP contribution >= 0.6 is 0 Å². The molecule has 0 saturated carbocycles. The summed E-state index contributed by atoms with van der Waals surface area (Å²) in [6.45, 7) is 1.73. The number of carbonyl (C=O) groups excluding carboxylic acids is 1. The molecule has 0 spiro atoms. The largest absolute Gasteiger partial charge is 0.453 e. The molecule has 1 aromatic carbocycles. The van der Waals surface area contributed by atoms with Gasteiger partial charge in [0.1, 0.15) is 5.75 Å². The number of rotatable bonds is 6. The number of nitrogens with one attached hydrogen (secondary N) is 1. The number of carbonyl (C=O) groups is 1. The van der Waals surface area contributed by atoms with Gasteiger partial charge in [-0.2, -0.15) is 0 Å². The Morgan fingerprint density at radius 2 is 2.30 bits per heavy atom. The van der Waals surface area contributed by atoms with E-state index in [0.717, 1.165) is 0 Å². The molecule has 5 nitrogen and oxygen atoms in total. The lowest BCUT2D eigenvalue weighted by Crippen LogP contribution is -2.28. The van der Waals surface area contributed by atoms with Crippen LogP contribution in [0.3, 0.4) is 0 Å². The molecule has 0 aliphatic rings. The maximum atomic E-state index is 14.0. The van der Waals surface area contributed by atoms with E-state index in [4.69, 9.17) is 9.84 Å². The zero-order valence-electron chi connectivity index (χ0n) is 12.6. The molecular weight excluding hydrogens is 299 g/mol. The van der Waals surface area contributed by atoms with Crippen LogP contribution in [-0.2, 0) is 4.79 Å². The Labute approximate surface area is 133 Å². The minimum Gasteiger partial charge on any atom is -0.453 e. The normalized spacial score (nSPS) is 12.1. The molecule has 0 bridgehead atoms. The number of aliphatic hydroxyl groups is 1. The second-order valence-corrected chi connectivity index (χ2v) is 4.91. The molecule has 1 atom stereocenters. The summed E-state index contributed by atoms with van der Waals surface area (Å²) < 4.78 is 19.4. The molecule has 23 heavy (non-hydrogen) atoms. The summed E-state index contributed by atoms with van der Waals surface area (Å²) >= 11 is 0. The summed E-state index contributed by atoms with van der Waals surface area (Å²) in [5.41, 5.74) is 0.522. The van der Waals surface area contributed by atoms with Crippen LogP contribution in [0.4, 0.5) is 4.39 Å². The highest BCUT2D eigenvalue weighted by molar-refractivity contribution is 5.91. The molecule has 2 N–H and O–H groups in total. The number of amides is 1. The van der Waals surface area contributed by atoms with Crippen molar-refractivity contribution in [3.8, 4) is 11.5 Å². The third-order valence-electron chi connectivity index (χ3n) is 2.82. The van der Waals surface area contributed by atoms with Crippen molar-refractivity contribution >= 4 is 12.0 Å². The van der Waals surface area contributed by atoms with Crippen molar-refractivity contribution in [2.24, 2.45) is 0 Å². The Morgan fingerprint density at radius 3 is 2.96 bits per heavy atom. The minimum atomic E-state index is -0.617. The quantitative estimate of drug-likeness (QED) is 0.803. The Bertz CT molecular complexity index is 687. The zero-order chi connectivity index (χ0) is 16.7. The average Bonchev–Trinajstić information content (AvgIpc) is 2.54. The van der Waals surface area contributed by atoms with Gasteiger partial charge in [0, 0.05) is 18.8 Å². The lowest BCUT2D eigenvalue weighted by atomic mass is 10.2. The maximum absolute atomic E-state index is 14.0. The predicted molar refractivity (Wildman–Crippen MR) is 84.4 cm³/mol. The van der Waals surface area contributed by atoms with Gasteiger partial charge in [-0.15, -0.1) is 0 Å². The number of hydrogen-bond donors (Lipinski definition) is 2. The van der Waals surface area contributed by atoms with E-state index in [9.17, 15) is 9.18 Å². The molecule has 0 aliphatic heterocycles. The fourth-order valence-electron chi connectivity index (χ4n) is 1.72. The number of nitrogens with zero attached hydrogens (tertiary/aromatic N) is 1. The first-order valence-corrected chi connectivity index (χ1v) is 7.06. The first-order chi connectivity index (χ1) is 11.0. The molecular formula is C17H17FN2O3. The molecule has 1 amide bonds. The van der Waals surface area contributed by atoms with Crippen LogP contribution in [-0.4, -0.2) is 28.6 Å². The SMILES string of the molecule is CC(O)CNC(=O)/C=C/c1ccc(Oc2cccnc2)c(F)c1. The summed E-state index contributed by atoms with van der Waals surface area (Å²) in [6.07, 6.45) is 5.22. The van der Waals surface area contributed by atoms with Crippen LogP contribution < -0.4 is 10.1 Å². The van der Waals surface area contributed by atoms with Crippen LogP contribution in [0.1, 0.15) is 12.5 Å². The van der Waals surface area contributed by atoms with Gasteiger partial charge in [0.05, 0.1) is 12.3 Å². The van der Waals surface area contributed by atoms with Gasteiger partial charge < -0.3 is 15.2 Å². The predicted octanol–water partition coefficient (Wildman–Crippen LogP) is 2.52. The number of hydrogen-bond acceptors (Lipinski definition) is 4. The lowest BCUT2D eigenvalue weighted by molar-refractivity contribution is -0.116. The monoisotopic (exact) mass is 316 g/mol. The average molecular weight is 316 g/mol. The molecule has 0 aliphatic carbocycles. The molecule has 2 aromatic rings. The highest BCUT2D eigenvalue weighted by atomic mass is 19.1. The number of halogens is 1. The van der Waals surface area contributed by atoms with E-state index < -0.39 is 11.9 Å². The molecule has 2 rings (SSSR count). The van der Waals surface area contributed by atoms with Crippen molar-refractivity contribution in [3.63, 3.8) is 0 Å². The van der Waals surface area contributed by atoms with E-state index in [1.54, 1.807) is 31.3 Å². The van der Waals surface area contributed by atoms with Crippen LogP contribution in [0.25, 0.3) is 6.08 Å². The number of ether oxygens (including phenoxy) is 1. The summed E-state index contributed by atoms with van der Waals surface area (Å²) in [6, 6.07) is 7.75. The molecule has 1 aromatic heterocycles. The highest BCUT2D eigenvalue weighted by Gasteiger charge is 2.05. The molecule has 0 fully saturated rings. The second-order valence-electron chi connectivity index (χ2n) is 4.91. The van der Waals surface area contributed by atoms with E-state index >= 15 is 0 Å². The fourth-order valence-corrected chi connectivity index (χ4v) is 1.72. The van der Waals surface area contributed by atoms with Gasteiger partial charge in [0.15, 0.2) is 11.6 Å². The lowest BCUT2D eigenvalue weighted by Gasteiger charge is -2.07. The maximum Gasteiger partial charge on any atom is 0.244 e. The van der Waals surface area contributed by atoms with E-state index in [0.29, 0.717) is 11.3 Å². The van der Waals surface area contributed by atoms with E-state index in [1.165, 1.54) is 30.5 Å². The first-order valence-electron chi connectivity index (χ1n) is 7.06. The fraction of sp³-hybridized carbons (Fsp3) is 0.176. The van der Waals surface area contributed by atoms with Crippen LogP contribution in [0, 0.1) is 5.82 Å². The number of pyridine rings is 1. The number of benzene rings is 1. The van der Waals surface area contributed by atoms with Gasteiger partial charge in [0.2, 0.25) is 5.91 Å². The van der Waals surface area contributed by atoms with Gasteiger partial charge in [-0.25, -0.2) is 4.39 Å². The summed E-state index contributed by atoms with van der Waals surface area (Å²) in [4.78, 5) is 15.4. The Balaban J connectivity index is 2.00. The molecule has 0 saturated heterocycles. The topological polar surface area (TPSA) is 71.5 Å². The van der Waals surface area contributed by atoms with E-state index in [2.05, 4.69) is 10.3 Å². The molecule has 1 unspecified atom stereocenters. The van der Waals surface area contributed by atoms with Crippen molar-refractivity contribution in [2.45, 2.75) is 13.0 Å². The summed E-state index contributed by atoms with van der Waals surface area (Å²) in [7, 11) is 0.